The predicted octanol–water partition coefficient (Wildman–Crippen LogP) is 2.37. The lowest BCUT2D eigenvalue weighted by atomic mass is 10.2. The molecule has 0 amide bonds. The van der Waals surface area contributed by atoms with Crippen molar-refractivity contribution < 1.29 is 8.42 Å². The SMILES string of the molecule is CCCCC(C)NS(=O)(=O)c1cc(C)c(CN)s1. The molecule has 1 aromatic rings. The smallest absolute Gasteiger partial charge is 0.250 e. The minimum atomic E-state index is -3.39. The highest BCUT2D eigenvalue weighted by atomic mass is 32.2. The van der Waals surface area contributed by atoms with Gasteiger partial charge in [0.2, 0.25) is 10.0 Å². The Labute approximate surface area is 114 Å². The molecular weight excluding hydrogens is 268 g/mol. The van der Waals surface area contributed by atoms with Gasteiger partial charge in [0.15, 0.2) is 0 Å². The van der Waals surface area contributed by atoms with E-state index in [1.807, 2.05) is 13.8 Å². The number of thiophene rings is 1. The van der Waals surface area contributed by atoms with Crippen LogP contribution in [0.5, 0.6) is 0 Å². The first-order valence-electron chi connectivity index (χ1n) is 6.22. The third-order valence-electron chi connectivity index (χ3n) is 2.80. The second kappa shape index (κ2) is 6.65. The van der Waals surface area contributed by atoms with Crippen molar-refractivity contribution >= 4 is 21.4 Å². The van der Waals surface area contributed by atoms with Gasteiger partial charge in [-0.05, 0) is 31.9 Å². The summed E-state index contributed by atoms with van der Waals surface area (Å²) in [6.45, 7) is 6.27. The Kier molecular flexibility index (Phi) is 5.78. The van der Waals surface area contributed by atoms with Crippen molar-refractivity contribution in [3.8, 4) is 0 Å². The molecule has 4 nitrogen and oxygen atoms in total. The molecule has 0 aliphatic rings. The van der Waals surface area contributed by atoms with Gasteiger partial charge in [0.25, 0.3) is 0 Å². The molecule has 104 valence electrons. The zero-order valence-electron chi connectivity index (χ0n) is 11.2. The van der Waals surface area contributed by atoms with Crippen LogP contribution in [0.25, 0.3) is 0 Å². The third kappa shape index (κ3) is 4.05. The standard InChI is InChI=1S/C12H22N2O2S2/c1-4-5-6-10(3)14-18(15,16)12-7-9(2)11(8-13)17-12/h7,10,14H,4-6,8,13H2,1-3H3. The lowest BCUT2D eigenvalue weighted by molar-refractivity contribution is 0.535. The molecule has 3 N–H and O–H groups in total. The second-order valence-corrected chi connectivity index (χ2v) is 7.62. The Morgan fingerprint density at radius 3 is 2.67 bits per heavy atom. The number of aryl methyl sites for hydroxylation is 1. The third-order valence-corrected chi connectivity index (χ3v) is 6.12. The lowest BCUT2D eigenvalue weighted by Crippen LogP contribution is -2.32. The van der Waals surface area contributed by atoms with Crippen LogP contribution in [0.15, 0.2) is 10.3 Å². The van der Waals surface area contributed by atoms with Crippen LogP contribution in [0.1, 0.15) is 43.6 Å². The number of sulfonamides is 1. The van der Waals surface area contributed by atoms with E-state index in [0.717, 1.165) is 29.7 Å². The van der Waals surface area contributed by atoms with E-state index >= 15 is 0 Å². The van der Waals surface area contributed by atoms with Crippen molar-refractivity contribution in [2.75, 3.05) is 0 Å². The highest BCUT2D eigenvalue weighted by molar-refractivity contribution is 7.91. The van der Waals surface area contributed by atoms with Crippen molar-refractivity contribution in [2.45, 2.75) is 56.8 Å². The zero-order valence-corrected chi connectivity index (χ0v) is 12.8. The molecule has 1 rings (SSSR count). The number of hydrogen-bond donors (Lipinski definition) is 2. The van der Waals surface area contributed by atoms with Gasteiger partial charge in [0.1, 0.15) is 4.21 Å². The first kappa shape index (κ1) is 15.6. The van der Waals surface area contributed by atoms with E-state index in [9.17, 15) is 8.42 Å². The Morgan fingerprint density at radius 1 is 1.50 bits per heavy atom. The van der Waals surface area contributed by atoms with E-state index in [2.05, 4.69) is 11.6 Å². The van der Waals surface area contributed by atoms with Crippen LogP contribution in [-0.2, 0) is 16.6 Å². The van der Waals surface area contributed by atoms with Gasteiger partial charge in [-0.3, -0.25) is 0 Å². The topological polar surface area (TPSA) is 72.2 Å². The van der Waals surface area contributed by atoms with Gasteiger partial charge in [-0.1, -0.05) is 19.8 Å². The molecule has 0 saturated heterocycles. The van der Waals surface area contributed by atoms with Gasteiger partial charge in [0, 0.05) is 17.5 Å². The van der Waals surface area contributed by atoms with Crippen LogP contribution >= 0.6 is 11.3 Å². The van der Waals surface area contributed by atoms with Gasteiger partial charge < -0.3 is 5.73 Å². The number of unbranched alkanes of at least 4 members (excludes halogenated alkanes) is 1. The molecule has 0 radical (unpaired) electrons. The lowest BCUT2D eigenvalue weighted by Gasteiger charge is -2.12. The minimum absolute atomic E-state index is 0.0290. The van der Waals surface area contributed by atoms with Crippen LogP contribution in [0.3, 0.4) is 0 Å². The number of nitrogens with two attached hydrogens (primary N) is 1. The second-order valence-electron chi connectivity index (χ2n) is 4.54. The first-order valence-corrected chi connectivity index (χ1v) is 8.52. The monoisotopic (exact) mass is 290 g/mol. The summed E-state index contributed by atoms with van der Waals surface area (Å²) in [7, 11) is -3.39. The highest BCUT2D eigenvalue weighted by Gasteiger charge is 2.20. The first-order chi connectivity index (χ1) is 8.40. The molecule has 1 aromatic heterocycles. The molecule has 6 heteroatoms. The van der Waals surface area contributed by atoms with Gasteiger partial charge in [-0.2, -0.15) is 0 Å². The Hall–Kier alpha value is -0.430. The minimum Gasteiger partial charge on any atom is -0.326 e. The average molecular weight is 290 g/mol. The molecular formula is C12H22N2O2S2. The van der Waals surface area contributed by atoms with Crippen LogP contribution in [-0.4, -0.2) is 14.5 Å². The summed E-state index contributed by atoms with van der Waals surface area (Å²) >= 11 is 1.26. The summed E-state index contributed by atoms with van der Waals surface area (Å²) in [5.41, 5.74) is 6.52. The normalized spacial score (nSPS) is 13.8. The van der Waals surface area contributed by atoms with E-state index in [-0.39, 0.29) is 6.04 Å². The molecule has 0 fully saturated rings. The predicted molar refractivity (Wildman–Crippen MR) is 76.3 cm³/mol. The van der Waals surface area contributed by atoms with Crippen molar-refractivity contribution in [1.82, 2.24) is 4.72 Å². The molecule has 0 bridgehead atoms. The van der Waals surface area contributed by atoms with Crippen LogP contribution in [0.2, 0.25) is 0 Å². The molecule has 0 spiro atoms. The summed E-state index contributed by atoms with van der Waals surface area (Å²) in [5, 5.41) is 0. The zero-order chi connectivity index (χ0) is 13.8. The molecule has 0 saturated carbocycles. The van der Waals surface area contributed by atoms with E-state index in [0.29, 0.717) is 10.8 Å². The van der Waals surface area contributed by atoms with E-state index < -0.39 is 10.0 Å². The largest absolute Gasteiger partial charge is 0.326 e. The summed E-state index contributed by atoms with van der Waals surface area (Å²) < 4.78 is 27.4. The van der Waals surface area contributed by atoms with Crippen LogP contribution in [0.4, 0.5) is 0 Å². The van der Waals surface area contributed by atoms with Gasteiger partial charge in [-0.25, -0.2) is 13.1 Å². The maximum absolute atomic E-state index is 12.1. The van der Waals surface area contributed by atoms with Crippen molar-refractivity contribution in [3.05, 3.63) is 16.5 Å². The number of nitrogens with one attached hydrogen (secondary N) is 1. The highest BCUT2D eigenvalue weighted by Crippen LogP contribution is 2.25. The fourth-order valence-electron chi connectivity index (χ4n) is 1.72. The fourth-order valence-corrected chi connectivity index (χ4v) is 4.48. The Bertz CT molecular complexity index is 480. The van der Waals surface area contributed by atoms with Crippen LogP contribution < -0.4 is 10.5 Å². The van der Waals surface area contributed by atoms with Crippen molar-refractivity contribution in [3.63, 3.8) is 0 Å². The van der Waals surface area contributed by atoms with Crippen molar-refractivity contribution in [2.24, 2.45) is 5.73 Å². The molecule has 0 aliphatic carbocycles. The molecule has 0 aromatic carbocycles. The summed E-state index contributed by atoms with van der Waals surface area (Å²) in [4.78, 5) is 0.927. The van der Waals surface area contributed by atoms with E-state index in [1.54, 1.807) is 6.07 Å². The maximum Gasteiger partial charge on any atom is 0.250 e. The van der Waals surface area contributed by atoms with Gasteiger partial charge >= 0.3 is 0 Å². The Balaban J connectivity index is 2.79. The van der Waals surface area contributed by atoms with E-state index in [1.165, 1.54) is 11.3 Å². The molecule has 0 aliphatic heterocycles. The summed E-state index contributed by atoms with van der Waals surface area (Å²) in [6.07, 6.45) is 2.96. The maximum atomic E-state index is 12.1. The van der Waals surface area contributed by atoms with Crippen LogP contribution in [0, 0.1) is 6.92 Å². The summed E-state index contributed by atoms with van der Waals surface area (Å²) in [5.74, 6) is 0. The Morgan fingerprint density at radius 2 is 2.17 bits per heavy atom. The molecule has 1 atom stereocenters. The average Bonchev–Trinajstić information content (AvgIpc) is 2.68. The fraction of sp³-hybridized carbons (Fsp3) is 0.667. The summed E-state index contributed by atoms with van der Waals surface area (Å²) in [6, 6.07) is 1.67. The number of rotatable bonds is 7. The number of hydrogen-bond acceptors (Lipinski definition) is 4. The van der Waals surface area contributed by atoms with Gasteiger partial charge in [0.05, 0.1) is 0 Å². The molecule has 1 unspecified atom stereocenters. The van der Waals surface area contributed by atoms with E-state index in [4.69, 9.17) is 5.73 Å². The molecule has 18 heavy (non-hydrogen) atoms. The quantitative estimate of drug-likeness (QED) is 0.810. The van der Waals surface area contributed by atoms with Gasteiger partial charge in [-0.15, -0.1) is 11.3 Å². The molecule has 1 heterocycles. The van der Waals surface area contributed by atoms with Crippen molar-refractivity contribution in [1.29, 1.82) is 0 Å².